The van der Waals surface area contributed by atoms with Crippen LogP contribution < -0.4 is 10.6 Å². The SMILES string of the molecule is NCc1cnc2ccccc2c1N1CC2CCC(C1)O2. The molecule has 3 heterocycles. The average Bonchev–Trinajstić information content (AvgIpc) is 2.84. The number of anilines is 1. The maximum absolute atomic E-state index is 5.95. The summed E-state index contributed by atoms with van der Waals surface area (Å²) < 4.78 is 5.95. The van der Waals surface area contributed by atoms with Gasteiger partial charge in [0.15, 0.2) is 0 Å². The molecule has 4 rings (SSSR count). The summed E-state index contributed by atoms with van der Waals surface area (Å²) in [5.74, 6) is 0. The van der Waals surface area contributed by atoms with Gasteiger partial charge in [-0.15, -0.1) is 0 Å². The first-order chi connectivity index (χ1) is 9.85. The molecule has 2 atom stereocenters. The van der Waals surface area contributed by atoms with E-state index in [2.05, 4.69) is 28.1 Å². The van der Waals surface area contributed by atoms with E-state index in [0.29, 0.717) is 18.8 Å². The number of morpholine rings is 1. The minimum absolute atomic E-state index is 0.381. The highest BCUT2D eigenvalue weighted by Crippen LogP contribution is 2.35. The smallest absolute Gasteiger partial charge is 0.0755 e. The lowest BCUT2D eigenvalue weighted by Gasteiger charge is -2.35. The first kappa shape index (κ1) is 12.1. The maximum atomic E-state index is 5.95. The molecule has 104 valence electrons. The van der Waals surface area contributed by atoms with Crippen molar-refractivity contribution in [2.24, 2.45) is 5.73 Å². The Morgan fingerprint density at radius 1 is 1.20 bits per heavy atom. The Hall–Kier alpha value is -1.65. The van der Waals surface area contributed by atoms with Crippen molar-refractivity contribution in [2.45, 2.75) is 31.6 Å². The Morgan fingerprint density at radius 2 is 1.95 bits per heavy atom. The molecule has 2 saturated heterocycles. The van der Waals surface area contributed by atoms with Crippen LogP contribution in [0.15, 0.2) is 30.5 Å². The van der Waals surface area contributed by atoms with Crippen LogP contribution in [0.25, 0.3) is 10.9 Å². The fraction of sp³-hybridized carbons (Fsp3) is 0.438. The molecular weight excluding hydrogens is 250 g/mol. The van der Waals surface area contributed by atoms with Crippen molar-refractivity contribution in [3.8, 4) is 0 Å². The molecular formula is C16H19N3O. The molecule has 1 aromatic carbocycles. The van der Waals surface area contributed by atoms with Gasteiger partial charge in [-0.1, -0.05) is 18.2 Å². The van der Waals surface area contributed by atoms with Gasteiger partial charge in [-0.25, -0.2) is 0 Å². The summed E-state index contributed by atoms with van der Waals surface area (Å²) in [4.78, 5) is 6.98. The largest absolute Gasteiger partial charge is 0.371 e. The van der Waals surface area contributed by atoms with Crippen LogP contribution in [0.1, 0.15) is 18.4 Å². The molecule has 20 heavy (non-hydrogen) atoms. The van der Waals surface area contributed by atoms with Crippen molar-refractivity contribution in [1.82, 2.24) is 4.98 Å². The molecule has 0 aliphatic carbocycles. The van der Waals surface area contributed by atoms with Gasteiger partial charge in [0.1, 0.15) is 0 Å². The number of hydrogen-bond acceptors (Lipinski definition) is 4. The molecule has 2 unspecified atom stereocenters. The molecule has 2 bridgehead atoms. The number of rotatable bonds is 2. The average molecular weight is 269 g/mol. The molecule has 0 spiro atoms. The zero-order chi connectivity index (χ0) is 13.5. The van der Waals surface area contributed by atoms with Crippen LogP contribution in [-0.4, -0.2) is 30.3 Å². The summed E-state index contributed by atoms with van der Waals surface area (Å²) in [6, 6.07) is 8.31. The van der Waals surface area contributed by atoms with Crippen molar-refractivity contribution in [1.29, 1.82) is 0 Å². The van der Waals surface area contributed by atoms with Crippen LogP contribution in [0.2, 0.25) is 0 Å². The number of ether oxygens (including phenoxy) is 1. The molecule has 2 N–H and O–H groups in total. The number of aromatic nitrogens is 1. The molecule has 2 fully saturated rings. The Bertz CT molecular complexity index is 631. The van der Waals surface area contributed by atoms with Crippen LogP contribution in [0.4, 0.5) is 5.69 Å². The maximum Gasteiger partial charge on any atom is 0.0755 e. The molecule has 0 radical (unpaired) electrons. The number of para-hydroxylation sites is 1. The van der Waals surface area contributed by atoms with Crippen molar-refractivity contribution in [2.75, 3.05) is 18.0 Å². The first-order valence-electron chi connectivity index (χ1n) is 7.32. The van der Waals surface area contributed by atoms with Gasteiger partial charge >= 0.3 is 0 Å². The number of nitrogens with zero attached hydrogens (tertiary/aromatic N) is 2. The number of pyridine rings is 1. The molecule has 2 aliphatic rings. The third-order valence-electron chi connectivity index (χ3n) is 4.40. The van der Waals surface area contributed by atoms with Crippen molar-refractivity contribution < 1.29 is 4.74 Å². The van der Waals surface area contributed by atoms with Crippen LogP contribution >= 0.6 is 0 Å². The van der Waals surface area contributed by atoms with Crippen LogP contribution in [0, 0.1) is 0 Å². The molecule has 0 saturated carbocycles. The van der Waals surface area contributed by atoms with Gasteiger partial charge < -0.3 is 15.4 Å². The van der Waals surface area contributed by atoms with Gasteiger partial charge in [-0.2, -0.15) is 0 Å². The third-order valence-corrected chi connectivity index (χ3v) is 4.40. The van der Waals surface area contributed by atoms with Crippen molar-refractivity contribution >= 4 is 16.6 Å². The molecule has 4 heteroatoms. The molecule has 1 aromatic heterocycles. The van der Waals surface area contributed by atoms with Gasteiger partial charge in [0.2, 0.25) is 0 Å². The van der Waals surface area contributed by atoms with E-state index in [1.165, 1.54) is 23.9 Å². The number of fused-ring (bicyclic) bond motifs is 3. The van der Waals surface area contributed by atoms with E-state index in [0.717, 1.165) is 24.2 Å². The minimum atomic E-state index is 0.381. The second-order valence-electron chi connectivity index (χ2n) is 5.72. The van der Waals surface area contributed by atoms with Gasteiger partial charge in [0.05, 0.1) is 23.4 Å². The number of hydrogen-bond donors (Lipinski definition) is 1. The molecule has 4 nitrogen and oxygen atoms in total. The fourth-order valence-electron chi connectivity index (χ4n) is 3.49. The van der Waals surface area contributed by atoms with E-state index >= 15 is 0 Å². The molecule has 2 aliphatic heterocycles. The van der Waals surface area contributed by atoms with E-state index in [1.54, 1.807) is 0 Å². The predicted octanol–water partition coefficient (Wildman–Crippen LogP) is 2.06. The van der Waals surface area contributed by atoms with E-state index in [9.17, 15) is 0 Å². The highest BCUT2D eigenvalue weighted by atomic mass is 16.5. The lowest BCUT2D eigenvalue weighted by atomic mass is 10.1. The van der Waals surface area contributed by atoms with Gasteiger partial charge in [0, 0.05) is 36.8 Å². The van der Waals surface area contributed by atoms with Gasteiger partial charge in [-0.05, 0) is 18.9 Å². The lowest BCUT2D eigenvalue weighted by Crippen LogP contribution is -2.43. The Morgan fingerprint density at radius 3 is 2.70 bits per heavy atom. The van der Waals surface area contributed by atoms with Crippen molar-refractivity contribution in [3.05, 3.63) is 36.0 Å². The molecule has 2 aromatic rings. The zero-order valence-electron chi connectivity index (χ0n) is 11.5. The van der Waals surface area contributed by atoms with E-state index in [4.69, 9.17) is 10.5 Å². The van der Waals surface area contributed by atoms with E-state index in [1.807, 2.05) is 12.3 Å². The monoisotopic (exact) mass is 269 g/mol. The highest BCUT2D eigenvalue weighted by Gasteiger charge is 2.34. The second kappa shape index (κ2) is 4.72. The standard InChI is InChI=1S/C16H19N3O/c17-7-11-8-18-15-4-2-1-3-14(15)16(11)19-9-12-5-6-13(10-19)20-12/h1-4,8,12-13H,5-7,9-10,17H2. The van der Waals surface area contributed by atoms with Crippen molar-refractivity contribution in [3.63, 3.8) is 0 Å². The topological polar surface area (TPSA) is 51.4 Å². The Labute approximate surface area is 118 Å². The molecule has 0 amide bonds. The predicted molar refractivity (Wildman–Crippen MR) is 79.7 cm³/mol. The lowest BCUT2D eigenvalue weighted by molar-refractivity contribution is 0.0305. The highest BCUT2D eigenvalue weighted by molar-refractivity contribution is 5.93. The summed E-state index contributed by atoms with van der Waals surface area (Å²) >= 11 is 0. The second-order valence-corrected chi connectivity index (χ2v) is 5.72. The van der Waals surface area contributed by atoms with Crippen LogP contribution in [0.5, 0.6) is 0 Å². The first-order valence-corrected chi connectivity index (χ1v) is 7.32. The van der Waals surface area contributed by atoms with Gasteiger partial charge in [0.25, 0.3) is 0 Å². The summed E-state index contributed by atoms with van der Waals surface area (Å²) in [5.41, 5.74) is 9.37. The Balaban J connectivity index is 1.84. The Kier molecular flexibility index (Phi) is 2.86. The van der Waals surface area contributed by atoms with E-state index < -0.39 is 0 Å². The minimum Gasteiger partial charge on any atom is -0.371 e. The summed E-state index contributed by atoms with van der Waals surface area (Å²) in [5, 5.41) is 1.21. The summed E-state index contributed by atoms with van der Waals surface area (Å²) in [7, 11) is 0. The fourth-order valence-corrected chi connectivity index (χ4v) is 3.49. The summed E-state index contributed by atoms with van der Waals surface area (Å²) in [6.45, 7) is 2.47. The van der Waals surface area contributed by atoms with E-state index in [-0.39, 0.29) is 0 Å². The zero-order valence-corrected chi connectivity index (χ0v) is 11.5. The summed E-state index contributed by atoms with van der Waals surface area (Å²) in [6.07, 6.45) is 5.05. The van der Waals surface area contributed by atoms with Gasteiger partial charge in [-0.3, -0.25) is 4.98 Å². The quantitative estimate of drug-likeness (QED) is 0.906. The van der Waals surface area contributed by atoms with Crippen LogP contribution in [-0.2, 0) is 11.3 Å². The number of nitrogens with two attached hydrogens (primary N) is 1. The van der Waals surface area contributed by atoms with Crippen LogP contribution in [0.3, 0.4) is 0 Å². The third kappa shape index (κ3) is 1.87. The normalized spacial score (nSPS) is 25.4. The number of benzene rings is 1.